The first-order chi connectivity index (χ1) is 9.56. The van der Waals surface area contributed by atoms with Crippen molar-refractivity contribution < 1.29 is 8.42 Å². The monoisotopic (exact) mass is 289 g/mol. The third-order valence-electron chi connectivity index (χ3n) is 3.39. The molecule has 1 aromatic carbocycles. The van der Waals surface area contributed by atoms with Gasteiger partial charge in [0.15, 0.2) is 0 Å². The number of nitrogens with one attached hydrogen (secondary N) is 1. The number of hydrogen-bond donors (Lipinski definition) is 2. The fourth-order valence-electron chi connectivity index (χ4n) is 2.21. The number of sulfonamides is 1. The van der Waals surface area contributed by atoms with Gasteiger partial charge in [0.25, 0.3) is 0 Å². The van der Waals surface area contributed by atoms with Crippen molar-refractivity contribution in [2.45, 2.75) is 23.3 Å². The maximum atomic E-state index is 12.2. The van der Waals surface area contributed by atoms with E-state index in [9.17, 15) is 8.42 Å². The predicted molar refractivity (Wildman–Crippen MR) is 76.6 cm³/mol. The lowest BCUT2D eigenvalue weighted by Gasteiger charge is -2.06. The van der Waals surface area contributed by atoms with Crippen molar-refractivity contribution in [2.24, 2.45) is 0 Å². The summed E-state index contributed by atoms with van der Waals surface area (Å²) in [6, 6.07) is 12.8. The van der Waals surface area contributed by atoms with Crippen LogP contribution in [0.3, 0.4) is 0 Å². The second-order valence-corrected chi connectivity index (χ2v) is 6.61. The number of hydrogen-bond acceptors (Lipinski definition) is 4. The van der Waals surface area contributed by atoms with Crippen molar-refractivity contribution >= 4 is 15.8 Å². The van der Waals surface area contributed by atoms with Gasteiger partial charge in [0, 0.05) is 18.2 Å². The van der Waals surface area contributed by atoms with Crippen LogP contribution in [-0.4, -0.2) is 19.4 Å². The maximum Gasteiger partial charge on any atom is 0.242 e. The Morgan fingerprint density at radius 3 is 2.55 bits per heavy atom. The molecule has 0 bridgehead atoms. The zero-order chi connectivity index (χ0) is 14.2. The molecule has 1 aliphatic carbocycles. The van der Waals surface area contributed by atoms with Gasteiger partial charge in [-0.05, 0) is 24.1 Å². The van der Waals surface area contributed by atoms with E-state index in [2.05, 4.69) is 9.71 Å². The van der Waals surface area contributed by atoms with Gasteiger partial charge in [0.05, 0.1) is 0 Å². The number of benzene rings is 1. The van der Waals surface area contributed by atoms with Crippen molar-refractivity contribution in [3.8, 4) is 0 Å². The molecule has 1 aliphatic rings. The molecule has 20 heavy (non-hydrogen) atoms. The quantitative estimate of drug-likeness (QED) is 0.893. The summed E-state index contributed by atoms with van der Waals surface area (Å²) in [5.74, 6) is 0.560. The minimum Gasteiger partial charge on any atom is -0.384 e. The minimum atomic E-state index is -3.52. The largest absolute Gasteiger partial charge is 0.384 e. The number of anilines is 1. The van der Waals surface area contributed by atoms with Gasteiger partial charge in [0.2, 0.25) is 10.0 Å². The van der Waals surface area contributed by atoms with Gasteiger partial charge in [-0.25, -0.2) is 18.1 Å². The average Bonchev–Trinajstić information content (AvgIpc) is 3.19. The molecule has 1 fully saturated rings. The Morgan fingerprint density at radius 1 is 1.15 bits per heavy atom. The summed E-state index contributed by atoms with van der Waals surface area (Å²) in [6.45, 7) is 0. The van der Waals surface area contributed by atoms with E-state index in [0.717, 1.165) is 12.0 Å². The van der Waals surface area contributed by atoms with E-state index in [1.54, 1.807) is 0 Å². The molecule has 104 valence electrons. The van der Waals surface area contributed by atoms with Gasteiger partial charge >= 0.3 is 0 Å². The molecule has 6 heteroatoms. The number of nitrogen functional groups attached to an aromatic ring is 1. The van der Waals surface area contributed by atoms with Crippen molar-refractivity contribution in [1.82, 2.24) is 9.71 Å². The fraction of sp³-hybridized carbons (Fsp3) is 0.214. The highest BCUT2D eigenvalue weighted by Gasteiger charge is 2.41. The van der Waals surface area contributed by atoms with Crippen LogP contribution >= 0.6 is 0 Å². The molecule has 0 amide bonds. The molecular formula is C14H15N3O2S. The highest BCUT2D eigenvalue weighted by Crippen LogP contribution is 2.41. The summed E-state index contributed by atoms with van der Waals surface area (Å²) in [7, 11) is -3.52. The molecule has 1 saturated carbocycles. The first-order valence-corrected chi connectivity index (χ1v) is 7.83. The number of nitrogens with two attached hydrogens (primary N) is 1. The van der Waals surface area contributed by atoms with Gasteiger partial charge < -0.3 is 5.73 Å². The Balaban J connectivity index is 1.71. The molecule has 0 radical (unpaired) electrons. The van der Waals surface area contributed by atoms with E-state index >= 15 is 0 Å². The van der Waals surface area contributed by atoms with E-state index in [0.29, 0.717) is 5.82 Å². The first-order valence-electron chi connectivity index (χ1n) is 6.35. The van der Waals surface area contributed by atoms with Crippen LogP contribution in [0.2, 0.25) is 0 Å². The van der Waals surface area contributed by atoms with E-state index in [1.807, 2.05) is 30.3 Å². The summed E-state index contributed by atoms with van der Waals surface area (Å²) in [4.78, 5) is 3.95. The summed E-state index contributed by atoms with van der Waals surface area (Å²) in [6.07, 6.45) is 2.10. The number of rotatable bonds is 4. The third-order valence-corrected chi connectivity index (χ3v) is 4.87. The Kier molecular flexibility index (Phi) is 3.19. The van der Waals surface area contributed by atoms with E-state index in [-0.39, 0.29) is 16.9 Å². The standard InChI is InChI=1S/C14H15N3O2S/c15-14-7-6-11(9-16-14)20(18,19)17-13-8-12(13)10-4-2-1-3-5-10/h1-7,9,12-13,17H,8H2,(H2,15,16). The third kappa shape index (κ3) is 2.66. The highest BCUT2D eigenvalue weighted by atomic mass is 32.2. The molecule has 3 N–H and O–H groups in total. The zero-order valence-electron chi connectivity index (χ0n) is 10.7. The minimum absolute atomic E-state index is 0.0417. The Morgan fingerprint density at radius 2 is 1.90 bits per heavy atom. The topological polar surface area (TPSA) is 85.1 Å². The van der Waals surface area contributed by atoms with E-state index in [1.165, 1.54) is 18.3 Å². The van der Waals surface area contributed by atoms with Gasteiger partial charge in [-0.15, -0.1) is 0 Å². The molecule has 1 aromatic heterocycles. The van der Waals surface area contributed by atoms with Crippen LogP contribution < -0.4 is 10.5 Å². The first kappa shape index (κ1) is 13.1. The van der Waals surface area contributed by atoms with Crippen molar-refractivity contribution in [2.75, 3.05) is 5.73 Å². The molecule has 2 aromatic rings. The normalized spacial score (nSPS) is 21.6. The number of aromatic nitrogens is 1. The lowest BCUT2D eigenvalue weighted by Crippen LogP contribution is -2.27. The number of pyridine rings is 1. The van der Waals surface area contributed by atoms with Gasteiger partial charge in [-0.3, -0.25) is 0 Å². The zero-order valence-corrected chi connectivity index (χ0v) is 11.5. The maximum absolute atomic E-state index is 12.2. The summed E-state index contributed by atoms with van der Waals surface area (Å²) < 4.78 is 27.1. The molecule has 2 unspecified atom stereocenters. The van der Waals surface area contributed by atoms with Gasteiger partial charge in [0.1, 0.15) is 10.7 Å². The molecule has 2 atom stereocenters. The van der Waals surface area contributed by atoms with Gasteiger partial charge in [-0.2, -0.15) is 0 Å². The SMILES string of the molecule is Nc1ccc(S(=O)(=O)NC2CC2c2ccccc2)cn1. The summed E-state index contributed by atoms with van der Waals surface area (Å²) in [5, 5.41) is 0. The molecular weight excluding hydrogens is 274 g/mol. The van der Waals surface area contributed by atoms with E-state index in [4.69, 9.17) is 5.73 Å². The van der Waals surface area contributed by atoms with Crippen LogP contribution in [0.15, 0.2) is 53.6 Å². The second kappa shape index (κ2) is 4.88. The lowest BCUT2D eigenvalue weighted by molar-refractivity contribution is 0.579. The van der Waals surface area contributed by atoms with Gasteiger partial charge in [-0.1, -0.05) is 30.3 Å². The predicted octanol–water partition coefficient (Wildman–Crippen LogP) is 1.50. The Labute approximate surface area is 117 Å². The molecule has 3 rings (SSSR count). The number of nitrogens with zero attached hydrogens (tertiary/aromatic N) is 1. The molecule has 5 nitrogen and oxygen atoms in total. The van der Waals surface area contributed by atoms with E-state index < -0.39 is 10.0 Å². The van der Waals surface area contributed by atoms with Crippen LogP contribution in [0.1, 0.15) is 17.9 Å². The van der Waals surface area contributed by atoms with Crippen LogP contribution in [0.4, 0.5) is 5.82 Å². The lowest BCUT2D eigenvalue weighted by atomic mass is 10.1. The summed E-state index contributed by atoms with van der Waals surface area (Å²) in [5.41, 5.74) is 6.62. The molecule has 1 heterocycles. The molecule has 0 saturated heterocycles. The van der Waals surface area contributed by atoms with Crippen LogP contribution in [0.5, 0.6) is 0 Å². The van der Waals surface area contributed by atoms with Crippen LogP contribution in [0, 0.1) is 0 Å². The molecule has 0 spiro atoms. The average molecular weight is 289 g/mol. The van der Waals surface area contributed by atoms with Crippen molar-refractivity contribution in [3.05, 3.63) is 54.2 Å². The Bertz CT molecular complexity index is 699. The summed E-state index contributed by atoms with van der Waals surface area (Å²) >= 11 is 0. The van der Waals surface area contributed by atoms with Crippen LogP contribution in [-0.2, 0) is 10.0 Å². The second-order valence-electron chi connectivity index (χ2n) is 4.90. The van der Waals surface area contributed by atoms with Crippen molar-refractivity contribution in [3.63, 3.8) is 0 Å². The molecule has 0 aliphatic heterocycles. The van der Waals surface area contributed by atoms with Crippen molar-refractivity contribution in [1.29, 1.82) is 0 Å². The Hall–Kier alpha value is -1.92. The fourth-order valence-corrected chi connectivity index (χ4v) is 3.45. The van der Waals surface area contributed by atoms with Crippen LogP contribution in [0.25, 0.3) is 0 Å². The highest BCUT2D eigenvalue weighted by molar-refractivity contribution is 7.89. The smallest absolute Gasteiger partial charge is 0.242 e.